The monoisotopic (exact) mass is 271 g/mol. The molecule has 18 heavy (non-hydrogen) atoms. The van der Waals surface area contributed by atoms with Crippen LogP contribution < -0.4 is 10.0 Å². The van der Waals surface area contributed by atoms with Crippen LogP contribution in [-0.4, -0.2) is 34.7 Å². The molecule has 0 aromatic carbocycles. The number of carbonyl (C=O) groups is 1. The van der Waals surface area contributed by atoms with Crippen LogP contribution in [0, 0.1) is 13.8 Å². The zero-order valence-corrected chi connectivity index (χ0v) is 10.8. The van der Waals surface area contributed by atoms with Crippen molar-refractivity contribution < 1.29 is 13.2 Å². The Kier molecular flexibility index (Phi) is 3.16. The summed E-state index contributed by atoms with van der Waals surface area (Å²) in [5, 5.41) is 1.82. The van der Waals surface area contributed by atoms with Crippen molar-refractivity contribution in [1.29, 1.82) is 0 Å². The van der Waals surface area contributed by atoms with Gasteiger partial charge in [-0.25, -0.2) is 22.9 Å². The Labute approximate surface area is 104 Å². The number of rotatable bonds is 3. The molecule has 0 bridgehead atoms. The number of aryl methyl sites for hydroxylation is 2. The molecule has 1 saturated carbocycles. The van der Waals surface area contributed by atoms with Gasteiger partial charge in [0, 0.05) is 0 Å². The number of amides is 2. The number of carbonyl (C=O) groups excluding carboxylic acids is 1. The number of urea groups is 1. The molecule has 1 aromatic rings. The summed E-state index contributed by atoms with van der Waals surface area (Å²) in [6, 6.07) is -0.855. The van der Waals surface area contributed by atoms with E-state index in [1.54, 1.807) is 13.8 Å². The van der Waals surface area contributed by atoms with Crippen molar-refractivity contribution in [2.45, 2.75) is 31.9 Å². The molecule has 1 aliphatic rings. The SMILES string of the molecule is Cc1nc(C)nc(NC(=O)NS(=O)(=O)C2CC2)n1. The van der Waals surface area contributed by atoms with E-state index in [1.165, 1.54) is 0 Å². The molecule has 9 heteroatoms. The standard InChI is InChI=1S/C9H13N5O3S/c1-5-10-6(2)12-8(11-5)13-9(15)14-18(16,17)7-3-4-7/h7H,3-4H2,1-2H3,(H2,10,11,12,13,14,15). The van der Waals surface area contributed by atoms with Gasteiger partial charge in [-0.05, 0) is 26.7 Å². The normalized spacial score (nSPS) is 15.2. The highest BCUT2D eigenvalue weighted by atomic mass is 32.2. The van der Waals surface area contributed by atoms with Crippen molar-refractivity contribution in [2.75, 3.05) is 5.32 Å². The van der Waals surface area contributed by atoms with Gasteiger partial charge < -0.3 is 0 Å². The van der Waals surface area contributed by atoms with E-state index in [2.05, 4.69) is 20.3 Å². The van der Waals surface area contributed by atoms with Crippen LogP contribution in [0.5, 0.6) is 0 Å². The first-order valence-electron chi connectivity index (χ1n) is 5.39. The lowest BCUT2D eigenvalue weighted by Crippen LogP contribution is -2.37. The van der Waals surface area contributed by atoms with E-state index in [0.717, 1.165) is 0 Å². The number of aromatic nitrogens is 3. The predicted molar refractivity (Wildman–Crippen MR) is 63.4 cm³/mol. The predicted octanol–water partition coefficient (Wildman–Crippen LogP) is 0.102. The number of hydrogen-bond acceptors (Lipinski definition) is 6. The fourth-order valence-electron chi connectivity index (χ4n) is 1.39. The molecule has 0 saturated heterocycles. The van der Waals surface area contributed by atoms with Crippen molar-refractivity contribution in [3.8, 4) is 0 Å². The van der Waals surface area contributed by atoms with Gasteiger partial charge in [0.05, 0.1) is 5.25 Å². The fraction of sp³-hybridized carbons (Fsp3) is 0.556. The molecule has 2 rings (SSSR count). The zero-order chi connectivity index (χ0) is 13.3. The largest absolute Gasteiger partial charge is 0.335 e. The Hall–Kier alpha value is -1.77. The smallest absolute Gasteiger partial charge is 0.275 e. The van der Waals surface area contributed by atoms with Crippen molar-refractivity contribution in [3.63, 3.8) is 0 Å². The first-order chi connectivity index (χ1) is 8.37. The van der Waals surface area contributed by atoms with E-state index in [9.17, 15) is 13.2 Å². The van der Waals surface area contributed by atoms with Crippen LogP contribution >= 0.6 is 0 Å². The maximum Gasteiger partial charge on any atom is 0.335 e. The van der Waals surface area contributed by atoms with Gasteiger partial charge in [0.15, 0.2) is 0 Å². The summed E-state index contributed by atoms with van der Waals surface area (Å²) in [4.78, 5) is 23.2. The molecule has 1 fully saturated rings. The first kappa shape index (κ1) is 12.7. The maximum atomic E-state index is 11.5. The van der Waals surface area contributed by atoms with Gasteiger partial charge >= 0.3 is 6.03 Å². The molecule has 0 spiro atoms. The Balaban J connectivity index is 2.03. The van der Waals surface area contributed by atoms with Gasteiger partial charge in [-0.1, -0.05) is 0 Å². The van der Waals surface area contributed by atoms with Crippen LogP contribution in [0.3, 0.4) is 0 Å². The minimum Gasteiger partial charge on any atom is -0.275 e. The molecule has 2 N–H and O–H groups in total. The van der Waals surface area contributed by atoms with Gasteiger partial charge in [0.2, 0.25) is 16.0 Å². The lowest BCUT2D eigenvalue weighted by Gasteiger charge is -2.07. The second-order valence-electron chi connectivity index (χ2n) is 4.05. The summed E-state index contributed by atoms with van der Waals surface area (Å²) in [6.45, 7) is 3.30. The minimum absolute atomic E-state index is 0.0310. The molecule has 0 radical (unpaired) electrons. The molecule has 1 aromatic heterocycles. The zero-order valence-electron chi connectivity index (χ0n) is 9.97. The first-order valence-corrected chi connectivity index (χ1v) is 6.93. The van der Waals surface area contributed by atoms with Gasteiger partial charge in [0.25, 0.3) is 0 Å². The van der Waals surface area contributed by atoms with E-state index in [0.29, 0.717) is 24.5 Å². The third-order valence-electron chi connectivity index (χ3n) is 2.28. The number of nitrogens with one attached hydrogen (secondary N) is 2. The van der Waals surface area contributed by atoms with E-state index < -0.39 is 21.3 Å². The summed E-state index contributed by atoms with van der Waals surface area (Å²) in [5.41, 5.74) is 0. The van der Waals surface area contributed by atoms with E-state index in [4.69, 9.17) is 0 Å². The van der Waals surface area contributed by atoms with Crippen LogP contribution in [0.25, 0.3) is 0 Å². The highest BCUT2D eigenvalue weighted by Crippen LogP contribution is 2.27. The topological polar surface area (TPSA) is 114 Å². The summed E-state index contributed by atoms with van der Waals surface area (Å²) < 4.78 is 24.9. The Morgan fingerprint density at radius 1 is 1.17 bits per heavy atom. The molecule has 8 nitrogen and oxygen atoms in total. The highest BCUT2D eigenvalue weighted by Gasteiger charge is 2.36. The molecular formula is C9H13N5O3S. The van der Waals surface area contributed by atoms with Crippen LogP contribution in [0.4, 0.5) is 10.7 Å². The molecule has 2 amide bonds. The van der Waals surface area contributed by atoms with Crippen LogP contribution in [0.1, 0.15) is 24.5 Å². The number of sulfonamides is 1. The Bertz CT molecular complexity index is 562. The second kappa shape index (κ2) is 4.48. The molecule has 98 valence electrons. The van der Waals surface area contributed by atoms with Crippen molar-refractivity contribution in [3.05, 3.63) is 11.6 Å². The van der Waals surface area contributed by atoms with Gasteiger partial charge in [-0.15, -0.1) is 0 Å². The lowest BCUT2D eigenvalue weighted by atomic mass is 10.6. The quantitative estimate of drug-likeness (QED) is 0.806. The summed E-state index contributed by atoms with van der Waals surface area (Å²) in [6.07, 6.45) is 1.18. The summed E-state index contributed by atoms with van der Waals surface area (Å²) >= 11 is 0. The van der Waals surface area contributed by atoms with Crippen LogP contribution in [-0.2, 0) is 10.0 Å². The maximum absolute atomic E-state index is 11.5. The minimum atomic E-state index is -3.56. The highest BCUT2D eigenvalue weighted by molar-refractivity contribution is 7.90. The summed E-state index contributed by atoms with van der Waals surface area (Å²) in [7, 11) is -3.56. The third-order valence-corrected chi connectivity index (χ3v) is 4.10. The average Bonchev–Trinajstić information content (AvgIpc) is 2.96. The van der Waals surface area contributed by atoms with Crippen LogP contribution in [0.2, 0.25) is 0 Å². The van der Waals surface area contributed by atoms with Crippen molar-refractivity contribution in [2.24, 2.45) is 0 Å². The van der Waals surface area contributed by atoms with Crippen LogP contribution in [0.15, 0.2) is 0 Å². The lowest BCUT2D eigenvalue weighted by molar-refractivity contribution is 0.256. The van der Waals surface area contributed by atoms with Crippen molar-refractivity contribution >= 4 is 22.0 Å². The Morgan fingerprint density at radius 3 is 2.22 bits per heavy atom. The number of nitrogens with zero attached hydrogens (tertiary/aromatic N) is 3. The summed E-state index contributed by atoms with van der Waals surface area (Å²) in [5.74, 6) is 0.925. The third kappa shape index (κ3) is 3.13. The second-order valence-corrected chi connectivity index (χ2v) is 6.01. The van der Waals surface area contributed by atoms with E-state index in [1.807, 2.05) is 4.72 Å². The molecule has 0 aliphatic heterocycles. The van der Waals surface area contributed by atoms with Gasteiger partial charge in [-0.2, -0.15) is 9.97 Å². The molecule has 0 atom stereocenters. The fourth-order valence-corrected chi connectivity index (χ4v) is 2.62. The molecule has 1 aliphatic carbocycles. The van der Waals surface area contributed by atoms with E-state index in [-0.39, 0.29) is 5.95 Å². The van der Waals surface area contributed by atoms with Gasteiger partial charge in [-0.3, -0.25) is 5.32 Å². The number of hydrogen-bond donors (Lipinski definition) is 2. The number of anilines is 1. The molecule has 0 unspecified atom stereocenters. The Morgan fingerprint density at radius 2 is 1.72 bits per heavy atom. The molecule has 1 heterocycles. The van der Waals surface area contributed by atoms with Crippen molar-refractivity contribution in [1.82, 2.24) is 19.7 Å². The molecular weight excluding hydrogens is 258 g/mol. The average molecular weight is 271 g/mol. The van der Waals surface area contributed by atoms with E-state index >= 15 is 0 Å². The van der Waals surface area contributed by atoms with Gasteiger partial charge in [0.1, 0.15) is 11.6 Å².